The van der Waals surface area contributed by atoms with Crippen LogP contribution in [-0.2, 0) is 0 Å². The molecule has 0 aliphatic carbocycles. The molecule has 0 aromatic heterocycles. The van der Waals surface area contributed by atoms with E-state index in [-0.39, 0.29) is 12.1 Å². The second-order valence-electron chi connectivity index (χ2n) is 6.77. The Labute approximate surface area is 144 Å². The van der Waals surface area contributed by atoms with Crippen molar-refractivity contribution in [3.8, 4) is 0 Å². The summed E-state index contributed by atoms with van der Waals surface area (Å²) in [5.74, 6) is 0. The van der Waals surface area contributed by atoms with Gasteiger partial charge in [0.25, 0.3) is 0 Å². The number of urea groups is 1. The van der Waals surface area contributed by atoms with Gasteiger partial charge in [-0.05, 0) is 44.4 Å². The van der Waals surface area contributed by atoms with Crippen LogP contribution < -0.4 is 5.32 Å². The van der Waals surface area contributed by atoms with E-state index in [2.05, 4.69) is 36.5 Å². The number of carbonyl (C=O) groups excluding carboxylic acids is 1. The predicted molar refractivity (Wildman–Crippen MR) is 99.3 cm³/mol. The van der Waals surface area contributed by atoms with Gasteiger partial charge in [-0.1, -0.05) is 60.4 Å². The van der Waals surface area contributed by atoms with E-state index in [9.17, 15) is 4.79 Å². The molecule has 3 rings (SSSR count). The smallest absolute Gasteiger partial charge is 0.317 e. The molecule has 1 heterocycles. The normalized spacial score (nSPS) is 18.1. The topological polar surface area (TPSA) is 32.3 Å². The summed E-state index contributed by atoms with van der Waals surface area (Å²) in [6, 6.07) is 16.7. The van der Waals surface area contributed by atoms with Crippen molar-refractivity contribution in [1.82, 2.24) is 4.90 Å². The maximum absolute atomic E-state index is 12.9. The molecule has 1 N–H and O–H groups in total. The molecule has 24 heavy (non-hydrogen) atoms. The van der Waals surface area contributed by atoms with Crippen LogP contribution in [-0.4, -0.2) is 17.5 Å². The number of benzene rings is 2. The van der Waals surface area contributed by atoms with Crippen LogP contribution in [0.3, 0.4) is 0 Å². The van der Waals surface area contributed by atoms with Gasteiger partial charge in [0.05, 0.1) is 6.04 Å². The molecule has 0 bridgehead atoms. The molecule has 0 radical (unpaired) electrons. The lowest BCUT2D eigenvalue weighted by molar-refractivity contribution is 0.189. The number of amides is 2. The van der Waals surface area contributed by atoms with Crippen molar-refractivity contribution < 1.29 is 4.79 Å². The highest BCUT2D eigenvalue weighted by molar-refractivity contribution is 5.89. The van der Waals surface area contributed by atoms with E-state index in [1.165, 1.54) is 29.5 Å². The van der Waals surface area contributed by atoms with Gasteiger partial charge in [0, 0.05) is 12.2 Å². The van der Waals surface area contributed by atoms with Gasteiger partial charge in [-0.25, -0.2) is 4.79 Å². The third-order valence-electron chi connectivity index (χ3n) is 4.78. The lowest BCUT2D eigenvalue weighted by Crippen LogP contribution is -2.38. The molecule has 126 valence electrons. The minimum absolute atomic E-state index is 0.00586. The lowest BCUT2D eigenvalue weighted by Gasteiger charge is -2.30. The van der Waals surface area contributed by atoms with Crippen LogP contribution in [0.25, 0.3) is 0 Å². The first-order valence-corrected chi connectivity index (χ1v) is 8.84. The largest absolute Gasteiger partial charge is 0.322 e. The molecule has 2 aromatic rings. The maximum Gasteiger partial charge on any atom is 0.322 e. The number of likely N-dealkylation sites (tertiary alicyclic amines) is 1. The number of carbonyl (C=O) groups is 1. The van der Waals surface area contributed by atoms with Crippen LogP contribution in [0.5, 0.6) is 0 Å². The van der Waals surface area contributed by atoms with E-state index in [0.717, 1.165) is 25.1 Å². The Balaban J connectivity index is 1.79. The number of nitrogens with zero attached hydrogens (tertiary/aromatic N) is 1. The molecular weight excluding hydrogens is 296 g/mol. The van der Waals surface area contributed by atoms with Gasteiger partial charge in [0.15, 0.2) is 0 Å². The SMILES string of the molecule is Cc1ccc(NC(=O)N2CCCCC[C@H]2c2ccc(C)cc2)cc1. The molecule has 2 aromatic carbocycles. The summed E-state index contributed by atoms with van der Waals surface area (Å²) in [7, 11) is 0. The lowest BCUT2D eigenvalue weighted by atomic mass is 10.00. The molecule has 0 unspecified atom stereocenters. The highest BCUT2D eigenvalue weighted by Crippen LogP contribution is 2.31. The molecule has 3 heteroatoms. The molecule has 3 nitrogen and oxygen atoms in total. The van der Waals surface area contributed by atoms with Gasteiger partial charge in [-0.15, -0.1) is 0 Å². The number of aryl methyl sites for hydroxylation is 2. The number of anilines is 1. The summed E-state index contributed by atoms with van der Waals surface area (Å²) in [5, 5.41) is 3.06. The van der Waals surface area contributed by atoms with E-state index < -0.39 is 0 Å². The molecule has 0 spiro atoms. The molecule has 1 fully saturated rings. The van der Waals surface area contributed by atoms with Crippen molar-refractivity contribution in [3.63, 3.8) is 0 Å². The Hall–Kier alpha value is -2.29. The van der Waals surface area contributed by atoms with Gasteiger partial charge < -0.3 is 10.2 Å². The van der Waals surface area contributed by atoms with Gasteiger partial charge >= 0.3 is 6.03 Å². The summed E-state index contributed by atoms with van der Waals surface area (Å²) in [6.07, 6.45) is 4.47. The first-order chi connectivity index (χ1) is 11.6. The van der Waals surface area contributed by atoms with Gasteiger partial charge in [0.2, 0.25) is 0 Å². The summed E-state index contributed by atoms with van der Waals surface area (Å²) in [4.78, 5) is 14.9. The Morgan fingerprint density at radius 2 is 1.54 bits per heavy atom. The highest BCUT2D eigenvalue weighted by atomic mass is 16.2. The van der Waals surface area contributed by atoms with Crippen LogP contribution in [0.2, 0.25) is 0 Å². The number of hydrogen-bond donors (Lipinski definition) is 1. The van der Waals surface area contributed by atoms with Gasteiger partial charge in [0.1, 0.15) is 0 Å². The quantitative estimate of drug-likeness (QED) is 0.783. The number of nitrogens with one attached hydrogen (secondary N) is 1. The Kier molecular flexibility index (Phi) is 5.19. The molecule has 2 amide bonds. The highest BCUT2D eigenvalue weighted by Gasteiger charge is 2.26. The second-order valence-corrected chi connectivity index (χ2v) is 6.77. The van der Waals surface area contributed by atoms with Crippen molar-refractivity contribution in [2.45, 2.75) is 45.6 Å². The number of rotatable bonds is 2. The summed E-state index contributed by atoms with van der Waals surface area (Å²) in [6.45, 7) is 4.96. The summed E-state index contributed by atoms with van der Waals surface area (Å²) >= 11 is 0. The molecule has 1 atom stereocenters. The minimum Gasteiger partial charge on any atom is -0.317 e. The maximum atomic E-state index is 12.9. The van der Waals surface area contributed by atoms with E-state index in [1.807, 2.05) is 36.1 Å². The molecule has 1 saturated heterocycles. The second kappa shape index (κ2) is 7.52. The molecule has 1 aliphatic heterocycles. The molecule has 0 saturated carbocycles. The van der Waals surface area contributed by atoms with Crippen molar-refractivity contribution in [2.24, 2.45) is 0 Å². The Bertz CT molecular complexity index is 676. The van der Waals surface area contributed by atoms with Crippen LogP contribution in [0, 0.1) is 13.8 Å². The minimum atomic E-state index is 0.00586. The fraction of sp³-hybridized carbons (Fsp3) is 0.381. The van der Waals surface area contributed by atoms with Crippen molar-refractivity contribution >= 4 is 11.7 Å². The average Bonchev–Trinajstić information content (AvgIpc) is 2.84. The van der Waals surface area contributed by atoms with E-state index in [4.69, 9.17) is 0 Å². The van der Waals surface area contributed by atoms with Crippen LogP contribution in [0.15, 0.2) is 48.5 Å². The molecule has 1 aliphatic rings. The zero-order chi connectivity index (χ0) is 16.9. The monoisotopic (exact) mass is 322 g/mol. The van der Waals surface area contributed by atoms with Crippen LogP contribution in [0.1, 0.15) is 48.4 Å². The predicted octanol–water partition coefficient (Wildman–Crippen LogP) is 5.45. The third-order valence-corrected chi connectivity index (χ3v) is 4.78. The first kappa shape index (κ1) is 16.6. The summed E-state index contributed by atoms with van der Waals surface area (Å²) in [5.41, 5.74) is 4.54. The zero-order valence-corrected chi connectivity index (χ0v) is 14.6. The Morgan fingerprint density at radius 1 is 0.917 bits per heavy atom. The summed E-state index contributed by atoms with van der Waals surface area (Å²) < 4.78 is 0. The van der Waals surface area contributed by atoms with Gasteiger partial charge in [-0.3, -0.25) is 0 Å². The standard InChI is InChI=1S/C21H26N2O/c1-16-7-11-18(12-8-16)20-6-4-3-5-15-23(20)21(24)22-19-13-9-17(2)10-14-19/h7-14,20H,3-6,15H2,1-2H3,(H,22,24)/t20-/m0/s1. The van der Waals surface area contributed by atoms with Crippen molar-refractivity contribution in [3.05, 3.63) is 65.2 Å². The fourth-order valence-electron chi connectivity index (χ4n) is 3.32. The Morgan fingerprint density at radius 3 is 2.21 bits per heavy atom. The van der Waals surface area contributed by atoms with E-state index in [1.54, 1.807) is 0 Å². The zero-order valence-electron chi connectivity index (χ0n) is 14.6. The van der Waals surface area contributed by atoms with E-state index >= 15 is 0 Å². The first-order valence-electron chi connectivity index (χ1n) is 8.84. The van der Waals surface area contributed by atoms with Crippen molar-refractivity contribution in [1.29, 1.82) is 0 Å². The average molecular weight is 322 g/mol. The van der Waals surface area contributed by atoms with Crippen LogP contribution >= 0.6 is 0 Å². The van der Waals surface area contributed by atoms with Crippen molar-refractivity contribution in [2.75, 3.05) is 11.9 Å². The molecular formula is C21H26N2O. The van der Waals surface area contributed by atoms with Crippen LogP contribution in [0.4, 0.5) is 10.5 Å². The van der Waals surface area contributed by atoms with Gasteiger partial charge in [-0.2, -0.15) is 0 Å². The number of hydrogen-bond acceptors (Lipinski definition) is 1. The fourth-order valence-corrected chi connectivity index (χ4v) is 3.32. The van der Waals surface area contributed by atoms with E-state index in [0.29, 0.717) is 0 Å². The third kappa shape index (κ3) is 3.97.